The lowest BCUT2D eigenvalue weighted by molar-refractivity contribution is -0.121. The standard InChI is InChI=1S/C22H17FN4O2/c23-15-7-8-18(25-13-15)20(28)27-11-9-22(19(27)14-4-3-10-24-12-14)16-5-1-2-6-17(16)26-21(22)29/h1-8,10,12-13,19H,9,11H2,(H,26,29). The highest BCUT2D eigenvalue weighted by atomic mass is 19.1. The Morgan fingerprint density at radius 2 is 2.00 bits per heavy atom. The Morgan fingerprint density at radius 3 is 2.76 bits per heavy atom. The van der Waals surface area contributed by atoms with Crippen LogP contribution in [0.15, 0.2) is 67.1 Å². The summed E-state index contributed by atoms with van der Waals surface area (Å²) >= 11 is 0. The number of hydrogen-bond donors (Lipinski definition) is 1. The van der Waals surface area contributed by atoms with Gasteiger partial charge in [-0.1, -0.05) is 24.3 Å². The lowest BCUT2D eigenvalue weighted by Crippen LogP contribution is -2.42. The number of benzene rings is 1. The molecule has 2 unspecified atom stereocenters. The van der Waals surface area contributed by atoms with Crippen molar-refractivity contribution in [3.8, 4) is 0 Å². The Hall–Kier alpha value is -3.61. The molecule has 1 spiro atoms. The second kappa shape index (κ2) is 6.48. The van der Waals surface area contributed by atoms with Crippen LogP contribution in [-0.2, 0) is 10.2 Å². The van der Waals surface area contributed by atoms with Gasteiger partial charge >= 0.3 is 0 Å². The van der Waals surface area contributed by atoms with Gasteiger partial charge in [-0.3, -0.25) is 14.6 Å². The van der Waals surface area contributed by atoms with Crippen molar-refractivity contribution in [3.63, 3.8) is 0 Å². The molecule has 5 rings (SSSR count). The molecule has 0 aliphatic carbocycles. The van der Waals surface area contributed by atoms with Crippen molar-refractivity contribution in [2.24, 2.45) is 0 Å². The van der Waals surface area contributed by atoms with Gasteiger partial charge in [0.05, 0.1) is 12.2 Å². The molecule has 29 heavy (non-hydrogen) atoms. The Morgan fingerprint density at radius 1 is 1.14 bits per heavy atom. The van der Waals surface area contributed by atoms with E-state index >= 15 is 0 Å². The minimum Gasteiger partial charge on any atom is -0.329 e. The number of fused-ring (bicyclic) bond motifs is 2. The largest absolute Gasteiger partial charge is 0.329 e. The molecule has 2 aromatic heterocycles. The molecule has 7 heteroatoms. The first-order valence-electron chi connectivity index (χ1n) is 9.35. The van der Waals surface area contributed by atoms with Crippen LogP contribution in [0.4, 0.5) is 10.1 Å². The van der Waals surface area contributed by atoms with Gasteiger partial charge in [0.2, 0.25) is 5.91 Å². The van der Waals surface area contributed by atoms with Crippen molar-refractivity contribution in [2.45, 2.75) is 17.9 Å². The molecule has 1 fully saturated rings. The van der Waals surface area contributed by atoms with E-state index in [0.29, 0.717) is 13.0 Å². The molecule has 2 amide bonds. The number of anilines is 1. The molecule has 1 aromatic carbocycles. The molecule has 1 N–H and O–H groups in total. The number of amides is 2. The Kier molecular flexibility index (Phi) is 3.91. The average molecular weight is 388 g/mol. The maximum Gasteiger partial charge on any atom is 0.273 e. The first-order chi connectivity index (χ1) is 14.1. The molecule has 0 saturated carbocycles. The van der Waals surface area contributed by atoms with Gasteiger partial charge in [-0.25, -0.2) is 9.37 Å². The van der Waals surface area contributed by atoms with Gasteiger partial charge < -0.3 is 10.2 Å². The number of pyridine rings is 2. The third-order valence-corrected chi connectivity index (χ3v) is 5.79. The first-order valence-corrected chi connectivity index (χ1v) is 9.35. The summed E-state index contributed by atoms with van der Waals surface area (Å²) in [5.74, 6) is -0.977. The number of carbonyl (C=O) groups is 2. The van der Waals surface area contributed by atoms with Crippen LogP contribution < -0.4 is 5.32 Å². The summed E-state index contributed by atoms with van der Waals surface area (Å²) in [6, 6.07) is 13.3. The summed E-state index contributed by atoms with van der Waals surface area (Å²) in [5, 5.41) is 2.97. The highest BCUT2D eigenvalue weighted by Gasteiger charge is 2.59. The number of para-hydroxylation sites is 1. The zero-order chi connectivity index (χ0) is 20.0. The van der Waals surface area contributed by atoms with Crippen LogP contribution in [0.5, 0.6) is 0 Å². The van der Waals surface area contributed by atoms with Crippen LogP contribution in [0.2, 0.25) is 0 Å². The van der Waals surface area contributed by atoms with Crippen molar-refractivity contribution in [3.05, 3.63) is 89.8 Å². The van der Waals surface area contributed by atoms with Gasteiger partial charge in [-0.15, -0.1) is 0 Å². The fourth-order valence-electron chi connectivity index (χ4n) is 4.56. The third kappa shape index (κ3) is 2.54. The number of carbonyl (C=O) groups excluding carboxylic acids is 2. The first kappa shape index (κ1) is 17.5. The monoisotopic (exact) mass is 388 g/mol. The van der Waals surface area contributed by atoms with Gasteiger partial charge in [0.15, 0.2) is 0 Å². The number of nitrogens with zero attached hydrogens (tertiary/aromatic N) is 3. The lowest BCUT2D eigenvalue weighted by atomic mass is 9.73. The Bertz CT molecular complexity index is 1100. The van der Waals surface area contributed by atoms with Crippen molar-refractivity contribution >= 4 is 17.5 Å². The molecule has 144 valence electrons. The summed E-state index contributed by atoms with van der Waals surface area (Å²) in [6.45, 7) is 0.374. The van der Waals surface area contributed by atoms with E-state index in [0.717, 1.165) is 23.0 Å². The van der Waals surface area contributed by atoms with Gasteiger partial charge in [0.25, 0.3) is 5.91 Å². The second-order valence-corrected chi connectivity index (χ2v) is 7.27. The summed E-state index contributed by atoms with van der Waals surface area (Å²) < 4.78 is 13.3. The Labute approximate surface area is 166 Å². The molecule has 2 aliphatic heterocycles. The number of likely N-dealkylation sites (tertiary alicyclic amines) is 1. The van der Waals surface area contributed by atoms with Crippen LogP contribution in [0.3, 0.4) is 0 Å². The summed E-state index contributed by atoms with van der Waals surface area (Å²) in [5.41, 5.74) is 1.65. The summed E-state index contributed by atoms with van der Waals surface area (Å²) in [6.07, 6.45) is 4.84. The molecule has 6 nitrogen and oxygen atoms in total. The van der Waals surface area contributed by atoms with Crippen LogP contribution in [0.1, 0.15) is 34.1 Å². The minimum atomic E-state index is -0.907. The molecule has 0 bridgehead atoms. The molecule has 0 radical (unpaired) electrons. The van der Waals surface area contributed by atoms with E-state index in [2.05, 4.69) is 15.3 Å². The summed E-state index contributed by atoms with van der Waals surface area (Å²) in [4.78, 5) is 36.3. The fraction of sp³-hybridized carbons (Fsp3) is 0.182. The quantitative estimate of drug-likeness (QED) is 0.732. The maximum atomic E-state index is 13.3. The number of nitrogens with one attached hydrogen (secondary N) is 1. The highest BCUT2D eigenvalue weighted by molar-refractivity contribution is 6.08. The van der Waals surface area contributed by atoms with Gasteiger partial charge in [-0.05, 0) is 41.8 Å². The van der Waals surface area contributed by atoms with Crippen molar-refractivity contribution in [2.75, 3.05) is 11.9 Å². The normalized spacial score (nSPS) is 22.6. The third-order valence-electron chi connectivity index (χ3n) is 5.79. The smallest absolute Gasteiger partial charge is 0.273 e. The van der Waals surface area contributed by atoms with E-state index in [9.17, 15) is 14.0 Å². The molecular formula is C22H17FN4O2. The molecule has 2 aliphatic rings. The Balaban J connectivity index is 1.66. The average Bonchev–Trinajstić information content (AvgIpc) is 3.28. The van der Waals surface area contributed by atoms with Crippen molar-refractivity contribution in [1.29, 1.82) is 0 Å². The van der Waals surface area contributed by atoms with E-state index in [1.165, 1.54) is 12.1 Å². The summed E-state index contributed by atoms with van der Waals surface area (Å²) in [7, 11) is 0. The topological polar surface area (TPSA) is 75.2 Å². The number of halogens is 1. The van der Waals surface area contributed by atoms with Gasteiger partial charge in [0, 0.05) is 24.6 Å². The number of aromatic nitrogens is 2. The SMILES string of the molecule is O=C(c1ccc(F)cn1)N1CCC2(C(=O)Nc3ccccc32)C1c1cccnc1. The highest BCUT2D eigenvalue weighted by Crippen LogP contribution is 2.54. The van der Waals surface area contributed by atoms with Crippen LogP contribution in [-0.4, -0.2) is 33.2 Å². The van der Waals surface area contributed by atoms with Crippen LogP contribution in [0.25, 0.3) is 0 Å². The van der Waals surface area contributed by atoms with E-state index < -0.39 is 17.3 Å². The lowest BCUT2D eigenvalue weighted by Gasteiger charge is -2.34. The number of hydrogen-bond acceptors (Lipinski definition) is 4. The van der Waals surface area contributed by atoms with E-state index in [1.807, 2.05) is 30.3 Å². The van der Waals surface area contributed by atoms with Crippen molar-refractivity contribution in [1.82, 2.24) is 14.9 Å². The van der Waals surface area contributed by atoms with Gasteiger partial charge in [0.1, 0.15) is 16.9 Å². The second-order valence-electron chi connectivity index (χ2n) is 7.27. The fourth-order valence-corrected chi connectivity index (χ4v) is 4.56. The maximum absolute atomic E-state index is 13.3. The zero-order valence-corrected chi connectivity index (χ0v) is 15.4. The van der Waals surface area contributed by atoms with Gasteiger partial charge in [-0.2, -0.15) is 0 Å². The van der Waals surface area contributed by atoms with Crippen LogP contribution in [0, 0.1) is 5.82 Å². The molecular weight excluding hydrogens is 371 g/mol. The molecule has 3 aromatic rings. The molecule has 2 atom stereocenters. The minimum absolute atomic E-state index is 0.130. The van der Waals surface area contributed by atoms with E-state index in [-0.39, 0.29) is 17.5 Å². The van der Waals surface area contributed by atoms with Crippen molar-refractivity contribution < 1.29 is 14.0 Å². The number of rotatable bonds is 2. The molecule has 1 saturated heterocycles. The van der Waals surface area contributed by atoms with E-state index in [4.69, 9.17) is 0 Å². The predicted octanol–water partition coefficient (Wildman–Crippen LogP) is 3.09. The zero-order valence-electron chi connectivity index (χ0n) is 15.4. The van der Waals surface area contributed by atoms with E-state index in [1.54, 1.807) is 23.4 Å². The van der Waals surface area contributed by atoms with Crippen LogP contribution >= 0.6 is 0 Å². The predicted molar refractivity (Wildman–Crippen MR) is 104 cm³/mol. The molecule has 4 heterocycles.